The molecule has 0 spiro atoms. The first kappa shape index (κ1) is 18.3. The number of carbonyl (C=O) groups is 1. The maximum absolute atomic E-state index is 12.6. The number of anilines is 1. The summed E-state index contributed by atoms with van der Waals surface area (Å²) in [6, 6.07) is 17.7. The number of amides is 1. The van der Waals surface area contributed by atoms with Gasteiger partial charge in [-0.1, -0.05) is 30.3 Å². The van der Waals surface area contributed by atoms with E-state index in [4.69, 9.17) is 14.1 Å². The van der Waals surface area contributed by atoms with Crippen LogP contribution in [0.2, 0.25) is 0 Å². The van der Waals surface area contributed by atoms with Crippen molar-refractivity contribution in [1.29, 1.82) is 0 Å². The standard InChI is InChI=1S/C22H25N3O3/c1-22(2,3)28-21(26)24-13-14-25(16-9-5-4-6-10-16)18(15-24)20-23-17-11-7-8-12-19(17)27-20/h4-12,18H,13-15H2,1-3H3. The first-order valence-electron chi connectivity index (χ1n) is 9.56. The number of benzene rings is 2. The molecule has 146 valence electrons. The van der Waals surface area contributed by atoms with Gasteiger partial charge in [-0.2, -0.15) is 0 Å². The van der Waals surface area contributed by atoms with Crippen molar-refractivity contribution < 1.29 is 13.9 Å². The Morgan fingerprint density at radius 3 is 2.50 bits per heavy atom. The molecule has 0 bridgehead atoms. The van der Waals surface area contributed by atoms with Crippen LogP contribution in [-0.4, -0.2) is 41.2 Å². The van der Waals surface area contributed by atoms with E-state index in [0.717, 1.165) is 16.8 Å². The smallest absolute Gasteiger partial charge is 0.410 e. The highest BCUT2D eigenvalue weighted by molar-refractivity contribution is 5.72. The first-order valence-corrected chi connectivity index (χ1v) is 9.56. The molecule has 1 unspecified atom stereocenters. The van der Waals surface area contributed by atoms with Crippen LogP contribution >= 0.6 is 0 Å². The van der Waals surface area contributed by atoms with Crippen molar-refractivity contribution in [2.45, 2.75) is 32.4 Å². The van der Waals surface area contributed by atoms with Crippen molar-refractivity contribution in [3.8, 4) is 0 Å². The molecule has 1 aliphatic rings. The van der Waals surface area contributed by atoms with Crippen LogP contribution in [0.25, 0.3) is 11.1 Å². The number of piperazine rings is 1. The van der Waals surface area contributed by atoms with Gasteiger partial charge in [0.2, 0.25) is 5.89 Å². The zero-order chi connectivity index (χ0) is 19.7. The summed E-state index contributed by atoms with van der Waals surface area (Å²) in [6.45, 7) is 7.35. The number of fused-ring (bicyclic) bond motifs is 1. The largest absolute Gasteiger partial charge is 0.444 e. The molecule has 4 rings (SSSR count). The number of hydrogen-bond donors (Lipinski definition) is 0. The molecule has 0 radical (unpaired) electrons. The fourth-order valence-electron chi connectivity index (χ4n) is 3.45. The molecular weight excluding hydrogens is 354 g/mol. The summed E-state index contributed by atoms with van der Waals surface area (Å²) < 4.78 is 11.6. The predicted octanol–water partition coefficient (Wildman–Crippen LogP) is 4.63. The molecule has 2 aromatic carbocycles. The van der Waals surface area contributed by atoms with Gasteiger partial charge in [-0.05, 0) is 45.0 Å². The molecule has 28 heavy (non-hydrogen) atoms. The summed E-state index contributed by atoms with van der Waals surface area (Å²) >= 11 is 0. The number of ether oxygens (including phenoxy) is 1. The summed E-state index contributed by atoms with van der Waals surface area (Å²) in [5, 5.41) is 0. The van der Waals surface area contributed by atoms with Crippen molar-refractivity contribution in [2.75, 3.05) is 24.5 Å². The molecule has 1 saturated heterocycles. The minimum atomic E-state index is -0.527. The Balaban J connectivity index is 1.66. The maximum atomic E-state index is 12.6. The average molecular weight is 379 g/mol. The number of hydrogen-bond acceptors (Lipinski definition) is 5. The monoisotopic (exact) mass is 379 g/mol. The topological polar surface area (TPSA) is 58.8 Å². The van der Waals surface area contributed by atoms with Crippen LogP contribution in [-0.2, 0) is 4.74 Å². The van der Waals surface area contributed by atoms with Gasteiger partial charge in [0.05, 0.1) is 6.54 Å². The second-order valence-electron chi connectivity index (χ2n) is 7.99. The van der Waals surface area contributed by atoms with Crippen molar-refractivity contribution in [1.82, 2.24) is 9.88 Å². The summed E-state index contributed by atoms with van der Waals surface area (Å²) in [5.74, 6) is 0.610. The molecule has 0 saturated carbocycles. The number of para-hydroxylation sites is 3. The molecule has 2 heterocycles. The Kier molecular flexibility index (Phi) is 4.71. The second kappa shape index (κ2) is 7.19. The first-order chi connectivity index (χ1) is 13.4. The highest BCUT2D eigenvalue weighted by atomic mass is 16.6. The average Bonchev–Trinajstić information content (AvgIpc) is 3.11. The highest BCUT2D eigenvalue weighted by Gasteiger charge is 2.35. The van der Waals surface area contributed by atoms with Crippen molar-refractivity contribution in [3.05, 3.63) is 60.5 Å². The Morgan fingerprint density at radius 2 is 1.79 bits per heavy atom. The highest BCUT2D eigenvalue weighted by Crippen LogP contribution is 2.32. The van der Waals surface area contributed by atoms with E-state index in [-0.39, 0.29) is 12.1 Å². The number of carbonyl (C=O) groups excluding carboxylic acids is 1. The summed E-state index contributed by atoms with van der Waals surface area (Å²) in [7, 11) is 0. The van der Waals surface area contributed by atoms with Gasteiger partial charge in [0.1, 0.15) is 17.2 Å². The fourth-order valence-corrected chi connectivity index (χ4v) is 3.45. The van der Waals surface area contributed by atoms with Gasteiger partial charge in [0.25, 0.3) is 0 Å². The lowest BCUT2D eigenvalue weighted by atomic mass is 10.1. The maximum Gasteiger partial charge on any atom is 0.410 e. The van der Waals surface area contributed by atoms with Gasteiger partial charge >= 0.3 is 6.09 Å². The normalized spacial score (nSPS) is 17.8. The summed E-state index contributed by atoms with van der Waals surface area (Å²) in [6.07, 6.45) is -0.304. The zero-order valence-corrected chi connectivity index (χ0v) is 16.5. The van der Waals surface area contributed by atoms with Crippen molar-refractivity contribution in [2.24, 2.45) is 0 Å². The molecule has 3 aromatic rings. The Bertz CT molecular complexity index is 929. The van der Waals surface area contributed by atoms with Gasteiger partial charge in [0, 0.05) is 18.8 Å². The number of rotatable bonds is 2. The van der Waals surface area contributed by atoms with Crippen LogP contribution < -0.4 is 4.90 Å². The molecule has 1 aliphatic heterocycles. The van der Waals surface area contributed by atoms with Gasteiger partial charge in [-0.25, -0.2) is 9.78 Å². The quantitative estimate of drug-likeness (QED) is 0.650. The fraction of sp³-hybridized carbons (Fsp3) is 0.364. The Labute approximate surface area is 164 Å². The van der Waals surface area contributed by atoms with E-state index < -0.39 is 5.60 Å². The van der Waals surface area contributed by atoms with E-state index in [1.165, 1.54) is 0 Å². The van der Waals surface area contributed by atoms with Gasteiger partial charge in [-0.3, -0.25) is 0 Å². The van der Waals surface area contributed by atoms with Crippen LogP contribution in [0, 0.1) is 0 Å². The number of nitrogens with zero attached hydrogens (tertiary/aromatic N) is 3. The van der Waals surface area contributed by atoms with E-state index in [2.05, 4.69) is 17.0 Å². The molecule has 1 fully saturated rings. The number of oxazole rings is 1. The molecule has 1 amide bonds. The van der Waals surface area contributed by atoms with Crippen LogP contribution in [0.15, 0.2) is 59.0 Å². The second-order valence-corrected chi connectivity index (χ2v) is 7.99. The lowest BCUT2D eigenvalue weighted by Crippen LogP contribution is -2.51. The third kappa shape index (κ3) is 3.81. The minimum Gasteiger partial charge on any atom is -0.444 e. The lowest BCUT2D eigenvalue weighted by Gasteiger charge is -2.41. The van der Waals surface area contributed by atoms with Crippen molar-refractivity contribution in [3.63, 3.8) is 0 Å². The minimum absolute atomic E-state index is 0.184. The van der Waals surface area contributed by atoms with Crippen LogP contribution in [0.3, 0.4) is 0 Å². The molecule has 0 aliphatic carbocycles. The van der Waals surface area contributed by atoms with Gasteiger partial charge in [-0.15, -0.1) is 0 Å². The van der Waals surface area contributed by atoms with Crippen LogP contribution in [0.1, 0.15) is 32.7 Å². The van der Waals surface area contributed by atoms with Crippen LogP contribution in [0.4, 0.5) is 10.5 Å². The van der Waals surface area contributed by atoms with Crippen LogP contribution in [0.5, 0.6) is 0 Å². The number of aromatic nitrogens is 1. The van der Waals surface area contributed by atoms with E-state index in [1.54, 1.807) is 4.90 Å². The lowest BCUT2D eigenvalue weighted by molar-refractivity contribution is 0.0208. The zero-order valence-electron chi connectivity index (χ0n) is 16.5. The molecule has 0 N–H and O–H groups in total. The Hall–Kier alpha value is -3.02. The summed E-state index contributed by atoms with van der Waals surface area (Å²) in [5.41, 5.74) is 2.12. The summed E-state index contributed by atoms with van der Waals surface area (Å²) in [4.78, 5) is 21.3. The van der Waals surface area contributed by atoms with Crippen molar-refractivity contribution >= 4 is 22.9 Å². The van der Waals surface area contributed by atoms with Gasteiger partial charge < -0.3 is 19.0 Å². The molecule has 6 nitrogen and oxygen atoms in total. The molecule has 1 atom stereocenters. The Morgan fingerprint density at radius 1 is 1.07 bits per heavy atom. The molecule has 1 aromatic heterocycles. The van der Waals surface area contributed by atoms with E-state index >= 15 is 0 Å². The molecule has 6 heteroatoms. The SMILES string of the molecule is CC(C)(C)OC(=O)N1CCN(c2ccccc2)C(c2nc3ccccc3o2)C1. The van der Waals surface area contributed by atoms with E-state index in [1.807, 2.05) is 63.2 Å². The van der Waals surface area contributed by atoms with E-state index in [9.17, 15) is 4.79 Å². The predicted molar refractivity (Wildman–Crippen MR) is 108 cm³/mol. The van der Waals surface area contributed by atoms with E-state index in [0.29, 0.717) is 25.5 Å². The molecular formula is C22H25N3O3. The van der Waals surface area contributed by atoms with Gasteiger partial charge in [0.15, 0.2) is 5.58 Å². The third-order valence-electron chi connectivity index (χ3n) is 4.72. The third-order valence-corrected chi connectivity index (χ3v) is 4.72.